The molecule has 0 N–H and O–H groups in total. The Hall–Kier alpha value is -1.36. The van der Waals surface area contributed by atoms with Crippen LogP contribution in [0.5, 0.6) is 0 Å². The van der Waals surface area contributed by atoms with Gasteiger partial charge in [0.25, 0.3) is 5.91 Å². The second kappa shape index (κ2) is 5.95. The molecule has 0 radical (unpaired) electrons. The molecule has 0 unspecified atom stereocenters. The number of carbonyl (C=O) groups is 1. The van der Waals surface area contributed by atoms with Crippen LogP contribution in [0.4, 0.5) is 0 Å². The predicted molar refractivity (Wildman–Crippen MR) is 75.3 cm³/mol. The highest BCUT2D eigenvalue weighted by Gasteiger charge is 2.27. The minimum atomic E-state index is -0.207. The fourth-order valence-electron chi connectivity index (χ4n) is 3.24. The number of aromatic nitrogens is 2. The molecule has 3 rings (SSSR count). The van der Waals surface area contributed by atoms with Crippen molar-refractivity contribution >= 4 is 5.91 Å². The van der Waals surface area contributed by atoms with Gasteiger partial charge in [0.2, 0.25) is 0 Å². The molecule has 0 aliphatic carbocycles. The number of aryl methyl sites for hydroxylation is 1. The third kappa shape index (κ3) is 2.87. The molecule has 3 heterocycles. The van der Waals surface area contributed by atoms with E-state index < -0.39 is 0 Å². The summed E-state index contributed by atoms with van der Waals surface area (Å²) in [5.74, 6) is 1.85. The van der Waals surface area contributed by atoms with Crippen molar-refractivity contribution in [2.24, 2.45) is 5.92 Å². The van der Waals surface area contributed by atoms with Gasteiger partial charge in [-0.05, 0) is 31.6 Å². The van der Waals surface area contributed by atoms with Crippen LogP contribution < -0.4 is 0 Å². The Morgan fingerprint density at radius 3 is 3.20 bits per heavy atom. The average Bonchev–Trinajstić information content (AvgIpc) is 2.95. The second-order valence-corrected chi connectivity index (χ2v) is 5.97. The third-order valence-electron chi connectivity index (χ3n) is 4.40. The maximum Gasteiger partial charge on any atom is 0.251 e. The van der Waals surface area contributed by atoms with Crippen LogP contribution in [-0.2, 0) is 22.5 Å². The highest BCUT2D eigenvalue weighted by Crippen LogP contribution is 2.21. The maximum atomic E-state index is 12.3. The van der Waals surface area contributed by atoms with Crippen molar-refractivity contribution in [1.82, 2.24) is 14.5 Å². The van der Waals surface area contributed by atoms with Crippen LogP contribution >= 0.6 is 0 Å². The summed E-state index contributed by atoms with van der Waals surface area (Å²) in [6.07, 6.45) is 8.88. The molecule has 1 saturated heterocycles. The smallest absolute Gasteiger partial charge is 0.251 e. The standard InChI is InChI=1S/C15H23N3O2/c1-17(15(19)13-4-2-3-9-20-13)10-12-5-6-14-16-7-8-18(14)11-12/h7-8,12-13H,2-6,9-11H2,1H3/t12-,13+/m0/s1. The molecular formula is C15H23N3O2. The van der Waals surface area contributed by atoms with E-state index in [2.05, 4.69) is 9.55 Å². The first kappa shape index (κ1) is 13.6. The van der Waals surface area contributed by atoms with E-state index in [1.165, 1.54) is 5.82 Å². The summed E-state index contributed by atoms with van der Waals surface area (Å²) in [6.45, 7) is 2.51. The van der Waals surface area contributed by atoms with E-state index in [0.717, 1.165) is 51.8 Å². The highest BCUT2D eigenvalue weighted by molar-refractivity contribution is 5.80. The average molecular weight is 277 g/mol. The number of imidazole rings is 1. The lowest BCUT2D eigenvalue weighted by molar-refractivity contribution is -0.145. The molecule has 0 bridgehead atoms. The van der Waals surface area contributed by atoms with Crippen molar-refractivity contribution in [1.29, 1.82) is 0 Å². The van der Waals surface area contributed by atoms with E-state index in [4.69, 9.17) is 4.74 Å². The lowest BCUT2D eigenvalue weighted by atomic mass is 9.98. The molecular weight excluding hydrogens is 254 g/mol. The largest absolute Gasteiger partial charge is 0.368 e. The van der Waals surface area contributed by atoms with Gasteiger partial charge < -0.3 is 14.2 Å². The maximum absolute atomic E-state index is 12.3. The van der Waals surface area contributed by atoms with E-state index in [9.17, 15) is 4.79 Å². The van der Waals surface area contributed by atoms with Gasteiger partial charge in [0.05, 0.1) is 0 Å². The first-order chi connectivity index (χ1) is 9.74. The fourth-order valence-corrected chi connectivity index (χ4v) is 3.24. The number of carbonyl (C=O) groups excluding carboxylic acids is 1. The zero-order valence-corrected chi connectivity index (χ0v) is 12.1. The monoisotopic (exact) mass is 277 g/mol. The quantitative estimate of drug-likeness (QED) is 0.840. The van der Waals surface area contributed by atoms with Crippen molar-refractivity contribution in [3.05, 3.63) is 18.2 Å². The number of hydrogen-bond acceptors (Lipinski definition) is 3. The van der Waals surface area contributed by atoms with Gasteiger partial charge >= 0.3 is 0 Å². The van der Waals surface area contributed by atoms with Crippen molar-refractivity contribution in [2.45, 2.75) is 44.8 Å². The Kier molecular flexibility index (Phi) is 4.05. The van der Waals surface area contributed by atoms with E-state index in [1.54, 1.807) is 0 Å². The Morgan fingerprint density at radius 1 is 1.50 bits per heavy atom. The molecule has 0 aromatic carbocycles. The Morgan fingerprint density at radius 2 is 2.40 bits per heavy atom. The third-order valence-corrected chi connectivity index (χ3v) is 4.40. The summed E-state index contributed by atoms with van der Waals surface area (Å²) in [4.78, 5) is 18.6. The van der Waals surface area contributed by atoms with Crippen LogP contribution in [-0.4, -0.2) is 46.7 Å². The normalized spacial score (nSPS) is 26.1. The van der Waals surface area contributed by atoms with Crippen LogP contribution in [0.2, 0.25) is 0 Å². The van der Waals surface area contributed by atoms with Crippen LogP contribution in [0.25, 0.3) is 0 Å². The van der Waals surface area contributed by atoms with Crippen LogP contribution in [0.15, 0.2) is 12.4 Å². The molecule has 0 spiro atoms. The molecule has 5 nitrogen and oxygen atoms in total. The lowest BCUT2D eigenvalue weighted by Gasteiger charge is -2.31. The van der Waals surface area contributed by atoms with Gasteiger partial charge in [-0.15, -0.1) is 0 Å². The number of rotatable bonds is 3. The Balaban J connectivity index is 1.54. The van der Waals surface area contributed by atoms with E-state index in [-0.39, 0.29) is 12.0 Å². The van der Waals surface area contributed by atoms with Crippen LogP contribution in [0.3, 0.4) is 0 Å². The van der Waals surface area contributed by atoms with Gasteiger partial charge in [-0.2, -0.15) is 0 Å². The van der Waals surface area contributed by atoms with Gasteiger partial charge in [0.15, 0.2) is 0 Å². The first-order valence-electron chi connectivity index (χ1n) is 7.60. The van der Waals surface area contributed by atoms with Gasteiger partial charge in [-0.25, -0.2) is 4.98 Å². The highest BCUT2D eigenvalue weighted by atomic mass is 16.5. The minimum Gasteiger partial charge on any atom is -0.368 e. The Labute approximate surface area is 119 Å². The topological polar surface area (TPSA) is 47.4 Å². The van der Waals surface area contributed by atoms with Crippen molar-refractivity contribution in [3.8, 4) is 0 Å². The molecule has 1 aromatic heterocycles. The molecule has 1 fully saturated rings. The molecule has 0 saturated carbocycles. The van der Waals surface area contributed by atoms with E-state index >= 15 is 0 Å². The van der Waals surface area contributed by atoms with Crippen LogP contribution in [0, 0.1) is 5.92 Å². The summed E-state index contributed by atoms with van der Waals surface area (Å²) in [5, 5.41) is 0. The van der Waals surface area contributed by atoms with Crippen LogP contribution in [0.1, 0.15) is 31.5 Å². The van der Waals surface area contributed by atoms with Crippen molar-refractivity contribution in [2.75, 3.05) is 20.2 Å². The van der Waals surface area contributed by atoms with E-state index in [0.29, 0.717) is 5.92 Å². The molecule has 2 atom stereocenters. The number of nitrogens with zero attached hydrogens (tertiary/aromatic N) is 3. The number of fused-ring (bicyclic) bond motifs is 1. The summed E-state index contributed by atoms with van der Waals surface area (Å²) < 4.78 is 7.80. The van der Waals surface area contributed by atoms with Gasteiger partial charge in [-0.1, -0.05) is 0 Å². The number of amides is 1. The van der Waals surface area contributed by atoms with E-state index in [1.807, 2.05) is 24.3 Å². The van der Waals surface area contributed by atoms with Crippen molar-refractivity contribution < 1.29 is 9.53 Å². The number of likely N-dealkylation sites (N-methyl/N-ethyl adjacent to an activating group) is 1. The fraction of sp³-hybridized carbons (Fsp3) is 0.733. The summed E-state index contributed by atoms with van der Waals surface area (Å²) >= 11 is 0. The molecule has 20 heavy (non-hydrogen) atoms. The summed E-state index contributed by atoms with van der Waals surface area (Å²) in [7, 11) is 1.91. The molecule has 2 aliphatic rings. The Bertz CT molecular complexity index is 465. The van der Waals surface area contributed by atoms with Gasteiger partial charge in [0, 0.05) is 45.6 Å². The molecule has 110 valence electrons. The minimum absolute atomic E-state index is 0.154. The zero-order valence-electron chi connectivity index (χ0n) is 12.1. The lowest BCUT2D eigenvalue weighted by Crippen LogP contribution is -2.43. The number of hydrogen-bond donors (Lipinski definition) is 0. The van der Waals surface area contributed by atoms with Crippen molar-refractivity contribution in [3.63, 3.8) is 0 Å². The summed E-state index contributed by atoms with van der Waals surface area (Å²) in [6, 6.07) is 0. The SMILES string of the molecule is CN(C[C@@H]1CCc2nccn2C1)C(=O)[C@H]1CCCCO1. The molecule has 5 heteroatoms. The number of ether oxygens (including phenoxy) is 1. The first-order valence-corrected chi connectivity index (χ1v) is 7.60. The molecule has 1 amide bonds. The second-order valence-electron chi connectivity index (χ2n) is 5.97. The predicted octanol–water partition coefficient (Wildman–Crippen LogP) is 1.47. The zero-order chi connectivity index (χ0) is 13.9. The molecule has 2 aliphatic heterocycles. The molecule has 1 aromatic rings. The summed E-state index contributed by atoms with van der Waals surface area (Å²) in [5.41, 5.74) is 0. The van der Waals surface area contributed by atoms with Gasteiger partial charge in [0.1, 0.15) is 11.9 Å². The van der Waals surface area contributed by atoms with Gasteiger partial charge in [-0.3, -0.25) is 4.79 Å².